The van der Waals surface area contributed by atoms with Gasteiger partial charge >= 0.3 is 0 Å². The fraction of sp³-hybridized carbons (Fsp3) is 0.720. The highest BCUT2D eigenvalue weighted by Gasteiger charge is 2.45. The average Bonchev–Trinajstić information content (AvgIpc) is 3.43. The second-order valence-electron chi connectivity index (χ2n) is 10.2. The molecule has 5 rings (SSSR count). The summed E-state index contributed by atoms with van der Waals surface area (Å²) in [5, 5.41) is 9.99. The van der Waals surface area contributed by atoms with Crippen LogP contribution in [-0.4, -0.2) is 94.9 Å². The number of piperazine rings is 1. The number of pyridine rings is 1. The highest BCUT2D eigenvalue weighted by molar-refractivity contribution is 5.85. The second-order valence-corrected chi connectivity index (χ2v) is 10.2. The molecule has 0 radical (unpaired) electrons. The summed E-state index contributed by atoms with van der Waals surface area (Å²) in [5.74, 6) is 0.0702. The molecule has 7 nitrogen and oxygen atoms in total. The smallest absolute Gasteiger partial charge is 0.243 e. The first kappa shape index (κ1) is 21.8. The van der Waals surface area contributed by atoms with Gasteiger partial charge in [-0.25, -0.2) is 0 Å². The fourth-order valence-electron chi connectivity index (χ4n) is 6.33. The van der Waals surface area contributed by atoms with Crippen LogP contribution in [0.1, 0.15) is 44.1 Å². The van der Waals surface area contributed by atoms with Gasteiger partial charge in [0, 0.05) is 83.4 Å². The highest BCUT2D eigenvalue weighted by atomic mass is 16.2. The number of aromatic nitrogens is 1. The molecule has 0 aliphatic carbocycles. The van der Waals surface area contributed by atoms with E-state index in [1.165, 1.54) is 37.8 Å². The molecule has 4 fully saturated rings. The van der Waals surface area contributed by atoms with E-state index in [0.29, 0.717) is 12.8 Å². The third-order valence-corrected chi connectivity index (χ3v) is 8.43. The predicted octanol–water partition coefficient (Wildman–Crippen LogP) is 1.96. The van der Waals surface area contributed by atoms with Crippen molar-refractivity contribution < 1.29 is 4.79 Å². The van der Waals surface area contributed by atoms with E-state index < -0.39 is 5.41 Å². The monoisotopic (exact) mass is 436 g/mol. The Labute approximate surface area is 192 Å². The summed E-state index contributed by atoms with van der Waals surface area (Å²) in [6.07, 6.45) is 10.5. The van der Waals surface area contributed by atoms with Gasteiger partial charge in [-0.15, -0.1) is 0 Å². The van der Waals surface area contributed by atoms with Crippen molar-refractivity contribution in [3.63, 3.8) is 0 Å². The van der Waals surface area contributed by atoms with Gasteiger partial charge in [0.2, 0.25) is 5.91 Å². The zero-order chi connectivity index (χ0) is 22.0. The number of rotatable bonds is 6. The molecule has 32 heavy (non-hydrogen) atoms. The van der Waals surface area contributed by atoms with Crippen LogP contribution in [-0.2, 0) is 11.3 Å². The number of hydrogen-bond donors (Lipinski definition) is 0. The third-order valence-electron chi connectivity index (χ3n) is 8.43. The number of piperidine rings is 1. The van der Waals surface area contributed by atoms with E-state index in [1.54, 1.807) is 0 Å². The van der Waals surface area contributed by atoms with Crippen LogP contribution in [0.3, 0.4) is 0 Å². The van der Waals surface area contributed by atoms with Crippen molar-refractivity contribution in [1.82, 2.24) is 24.6 Å². The van der Waals surface area contributed by atoms with Crippen molar-refractivity contribution in [3.05, 3.63) is 30.1 Å². The molecule has 0 unspecified atom stereocenters. The Bertz CT molecular complexity index is 803. The lowest BCUT2D eigenvalue weighted by Crippen LogP contribution is -2.55. The highest BCUT2D eigenvalue weighted by Crippen LogP contribution is 2.37. The minimum Gasteiger partial charge on any atom is -0.339 e. The molecule has 5 heterocycles. The summed E-state index contributed by atoms with van der Waals surface area (Å²) >= 11 is 0. The van der Waals surface area contributed by atoms with Crippen molar-refractivity contribution in [2.75, 3.05) is 52.4 Å². The molecule has 0 spiro atoms. The van der Waals surface area contributed by atoms with Crippen LogP contribution < -0.4 is 0 Å². The van der Waals surface area contributed by atoms with E-state index in [-0.39, 0.29) is 5.91 Å². The maximum atomic E-state index is 13.4. The van der Waals surface area contributed by atoms with Gasteiger partial charge in [0.15, 0.2) is 0 Å². The molecular formula is C25H36N6O. The first-order valence-electron chi connectivity index (χ1n) is 12.5. The van der Waals surface area contributed by atoms with Crippen molar-refractivity contribution in [1.29, 1.82) is 5.26 Å². The number of carbonyl (C=O) groups is 1. The van der Waals surface area contributed by atoms with Gasteiger partial charge in [0.05, 0.1) is 6.07 Å². The first-order valence-corrected chi connectivity index (χ1v) is 12.5. The number of carbonyl (C=O) groups excluding carboxylic acids is 1. The topological polar surface area (TPSA) is 66.7 Å². The Balaban J connectivity index is 1.09. The van der Waals surface area contributed by atoms with Gasteiger partial charge in [-0.05, 0) is 56.2 Å². The quantitative estimate of drug-likeness (QED) is 0.679. The van der Waals surface area contributed by atoms with Gasteiger partial charge in [0.25, 0.3) is 0 Å². The Morgan fingerprint density at radius 3 is 2.16 bits per heavy atom. The van der Waals surface area contributed by atoms with Crippen molar-refractivity contribution >= 4 is 5.91 Å². The molecule has 4 saturated heterocycles. The molecule has 1 aromatic heterocycles. The zero-order valence-corrected chi connectivity index (χ0v) is 19.2. The van der Waals surface area contributed by atoms with E-state index in [1.807, 2.05) is 29.4 Å². The minimum absolute atomic E-state index is 0.0702. The summed E-state index contributed by atoms with van der Waals surface area (Å²) in [6.45, 7) is 8.12. The van der Waals surface area contributed by atoms with Crippen LogP contribution in [0.2, 0.25) is 0 Å². The summed E-state index contributed by atoms with van der Waals surface area (Å²) in [7, 11) is 0. The maximum Gasteiger partial charge on any atom is 0.243 e. The molecule has 4 aliphatic heterocycles. The number of fused-ring (bicyclic) bond motifs is 2. The first-order chi connectivity index (χ1) is 15.7. The molecule has 1 amide bonds. The van der Waals surface area contributed by atoms with Gasteiger partial charge in [-0.2, -0.15) is 5.26 Å². The Hall–Kier alpha value is -2.01. The van der Waals surface area contributed by atoms with E-state index >= 15 is 0 Å². The summed E-state index contributed by atoms with van der Waals surface area (Å²) in [4.78, 5) is 27.0. The normalized spacial score (nSPS) is 28.7. The average molecular weight is 437 g/mol. The molecule has 0 saturated carbocycles. The minimum atomic E-state index is -0.842. The maximum absolute atomic E-state index is 13.4. The molecule has 4 aliphatic rings. The standard InChI is InChI=1S/C25H36N6O/c26-20-25(7-11-29(12-8-25)19-21-5-9-27-10-6-21)24(32)30-16-13-28(14-17-30)15-18-31-22-1-2-23(31)4-3-22/h5-6,9-10,22-23H,1-4,7-8,11-19H2. The van der Waals surface area contributed by atoms with Crippen LogP contribution in [0.4, 0.5) is 0 Å². The van der Waals surface area contributed by atoms with Crippen LogP contribution >= 0.6 is 0 Å². The van der Waals surface area contributed by atoms with Crippen molar-refractivity contribution in [2.24, 2.45) is 5.41 Å². The lowest BCUT2D eigenvalue weighted by atomic mass is 9.78. The molecule has 172 valence electrons. The zero-order valence-electron chi connectivity index (χ0n) is 19.2. The van der Waals surface area contributed by atoms with Crippen molar-refractivity contribution in [2.45, 2.75) is 57.2 Å². The van der Waals surface area contributed by atoms with E-state index in [2.05, 4.69) is 25.8 Å². The van der Waals surface area contributed by atoms with Crippen molar-refractivity contribution in [3.8, 4) is 6.07 Å². The van der Waals surface area contributed by atoms with E-state index in [0.717, 1.165) is 64.4 Å². The second kappa shape index (κ2) is 9.46. The molecule has 0 aromatic carbocycles. The molecule has 7 heteroatoms. The summed E-state index contributed by atoms with van der Waals surface area (Å²) in [6, 6.07) is 8.18. The van der Waals surface area contributed by atoms with Gasteiger partial charge in [0.1, 0.15) is 5.41 Å². The molecule has 0 atom stereocenters. The third kappa shape index (κ3) is 4.41. The van der Waals surface area contributed by atoms with Crippen LogP contribution in [0.15, 0.2) is 24.5 Å². The number of likely N-dealkylation sites (tertiary alicyclic amines) is 1. The lowest BCUT2D eigenvalue weighted by Gasteiger charge is -2.42. The van der Waals surface area contributed by atoms with Crippen LogP contribution in [0, 0.1) is 16.7 Å². The lowest BCUT2D eigenvalue weighted by molar-refractivity contribution is -0.143. The SMILES string of the molecule is N#CC1(C(=O)N2CCN(CCN3C4CCC3CC4)CC2)CCN(Cc2ccncc2)CC1. The van der Waals surface area contributed by atoms with Crippen LogP contribution in [0.25, 0.3) is 0 Å². The number of nitriles is 1. The Morgan fingerprint density at radius 1 is 0.938 bits per heavy atom. The van der Waals surface area contributed by atoms with Gasteiger partial charge in [-0.3, -0.25) is 24.5 Å². The predicted molar refractivity (Wildman–Crippen MR) is 123 cm³/mol. The Kier molecular flexibility index (Phi) is 6.45. The molecular weight excluding hydrogens is 400 g/mol. The van der Waals surface area contributed by atoms with E-state index in [9.17, 15) is 10.1 Å². The summed E-state index contributed by atoms with van der Waals surface area (Å²) in [5.41, 5.74) is 0.389. The number of amides is 1. The molecule has 2 bridgehead atoms. The molecule has 0 N–H and O–H groups in total. The number of hydrogen-bond acceptors (Lipinski definition) is 6. The summed E-state index contributed by atoms with van der Waals surface area (Å²) < 4.78 is 0. The fourth-order valence-corrected chi connectivity index (χ4v) is 6.33. The van der Waals surface area contributed by atoms with Gasteiger partial charge in [-0.1, -0.05) is 0 Å². The molecule has 1 aromatic rings. The number of nitrogens with zero attached hydrogens (tertiary/aromatic N) is 6. The van der Waals surface area contributed by atoms with Gasteiger partial charge < -0.3 is 4.90 Å². The largest absolute Gasteiger partial charge is 0.339 e. The van der Waals surface area contributed by atoms with Crippen LogP contribution in [0.5, 0.6) is 0 Å². The van der Waals surface area contributed by atoms with E-state index in [4.69, 9.17) is 0 Å². The Morgan fingerprint density at radius 2 is 1.56 bits per heavy atom.